The largest absolute Gasteiger partial charge is 0.466 e. The molecule has 5 nitrogen and oxygen atoms in total. The van der Waals surface area contributed by atoms with Crippen molar-refractivity contribution in [1.29, 1.82) is 0 Å². The first kappa shape index (κ1) is 22.3. The molecular weight excluding hydrogens is 436 g/mol. The number of rotatable bonds is 6. The lowest BCUT2D eigenvalue weighted by Gasteiger charge is -2.17. The van der Waals surface area contributed by atoms with Gasteiger partial charge in [-0.3, -0.25) is 4.79 Å². The maximum absolute atomic E-state index is 15.1. The summed E-state index contributed by atoms with van der Waals surface area (Å²) in [5.41, 5.74) is 4.42. The normalized spacial score (nSPS) is 15.8. The number of halogens is 2. The second-order valence-corrected chi connectivity index (χ2v) is 8.90. The van der Waals surface area contributed by atoms with Crippen LogP contribution in [0.1, 0.15) is 43.0 Å². The molecule has 0 saturated heterocycles. The first-order valence-corrected chi connectivity index (χ1v) is 11.8. The third-order valence-electron chi connectivity index (χ3n) is 6.66. The van der Waals surface area contributed by atoms with E-state index in [0.29, 0.717) is 36.9 Å². The summed E-state index contributed by atoms with van der Waals surface area (Å²) in [5.74, 6) is -1.21. The smallest absolute Gasteiger partial charge is 0.306 e. The lowest BCUT2D eigenvalue weighted by Crippen LogP contribution is -2.15. The zero-order valence-electron chi connectivity index (χ0n) is 19.1. The number of carbonyl (C=O) groups excluding carboxylic acids is 1. The number of nitrogens with zero attached hydrogens (tertiary/aromatic N) is 3. The molecule has 2 heterocycles. The van der Waals surface area contributed by atoms with Crippen molar-refractivity contribution in [3.8, 4) is 5.69 Å². The van der Waals surface area contributed by atoms with Crippen molar-refractivity contribution in [3.63, 3.8) is 0 Å². The van der Waals surface area contributed by atoms with Crippen molar-refractivity contribution in [2.75, 3.05) is 6.61 Å². The molecule has 7 heteroatoms. The summed E-state index contributed by atoms with van der Waals surface area (Å²) < 4.78 is 38.4. The van der Waals surface area contributed by atoms with Crippen molar-refractivity contribution in [3.05, 3.63) is 83.6 Å². The highest BCUT2D eigenvalue weighted by Gasteiger charge is 2.27. The van der Waals surface area contributed by atoms with Gasteiger partial charge in [-0.2, -0.15) is 0 Å². The Bertz CT molecular complexity index is 1310. The van der Waals surface area contributed by atoms with E-state index < -0.39 is 11.6 Å². The summed E-state index contributed by atoms with van der Waals surface area (Å²) in [6.45, 7) is 2.62. The minimum atomic E-state index is -0.568. The van der Waals surface area contributed by atoms with Gasteiger partial charge in [-0.25, -0.2) is 13.8 Å². The number of aromatic nitrogens is 3. The predicted molar refractivity (Wildman–Crippen MR) is 126 cm³/mol. The fraction of sp³-hybridized carbons (Fsp3) is 0.333. The highest BCUT2D eigenvalue weighted by Crippen LogP contribution is 2.36. The molecule has 0 saturated carbocycles. The molecule has 0 N–H and O–H groups in total. The average Bonchev–Trinajstić information content (AvgIpc) is 3.37. The van der Waals surface area contributed by atoms with Crippen LogP contribution < -0.4 is 0 Å². The number of carbonyl (C=O) groups is 1. The fourth-order valence-electron chi connectivity index (χ4n) is 5.15. The first-order chi connectivity index (χ1) is 16.5. The zero-order chi connectivity index (χ0) is 23.7. The van der Waals surface area contributed by atoms with Crippen LogP contribution in [0.5, 0.6) is 0 Å². The molecule has 0 fully saturated rings. The first-order valence-electron chi connectivity index (χ1n) is 11.8. The van der Waals surface area contributed by atoms with E-state index in [1.54, 1.807) is 19.4 Å². The van der Waals surface area contributed by atoms with E-state index in [9.17, 15) is 9.18 Å². The summed E-state index contributed by atoms with van der Waals surface area (Å²) in [5, 5.41) is 0.638. The molecule has 1 aliphatic carbocycles. The van der Waals surface area contributed by atoms with Gasteiger partial charge in [0.25, 0.3) is 0 Å². The van der Waals surface area contributed by atoms with Crippen LogP contribution in [0.15, 0.2) is 55.1 Å². The van der Waals surface area contributed by atoms with E-state index in [1.807, 2.05) is 39.6 Å². The molecule has 176 valence electrons. The van der Waals surface area contributed by atoms with Gasteiger partial charge in [-0.05, 0) is 67.9 Å². The molecule has 1 aliphatic rings. The Morgan fingerprint density at radius 3 is 2.76 bits per heavy atom. The standard InChI is InChI=1S/C27H27F2N3O2/c1-2-34-26(33)13-19-4-3-5-22-23-14-20(28)15-24(29)27(23)32(25(22)12-19)16-18-6-8-21(9-7-18)31-11-10-30-17-31/h6-11,14-15,17,19H,2-5,12-13,16H2,1H3. The summed E-state index contributed by atoms with van der Waals surface area (Å²) >= 11 is 0. The van der Waals surface area contributed by atoms with Crippen LogP contribution in [0.3, 0.4) is 0 Å². The van der Waals surface area contributed by atoms with Gasteiger partial charge in [0.05, 0.1) is 18.5 Å². The van der Waals surface area contributed by atoms with E-state index in [-0.39, 0.29) is 11.9 Å². The van der Waals surface area contributed by atoms with Crippen molar-refractivity contribution >= 4 is 16.9 Å². The molecule has 0 spiro atoms. The maximum atomic E-state index is 15.1. The van der Waals surface area contributed by atoms with Gasteiger partial charge in [-0.1, -0.05) is 12.1 Å². The number of esters is 1. The molecule has 1 atom stereocenters. The van der Waals surface area contributed by atoms with Gasteiger partial charge >= 0.3 is 5.97 Å². The molecule has 5 rings (SSSR count). The van der Waals surface area contributed by atoms with E-state index in [0.717, 1.165) is 47.8 Å². The quantitative estimate of drug-likeness (QED) is 0.276. The van der Waals surface area contributed by atoms with Crippen LogP contribution in [-0.2, 0) is 28.9 Å². The van der Waals surface area contributed by atoms with Gasteiger partial charge in [0.1, 0.15) is 11.6 Å². The lowest BCUT2D eigenvalue weighted by molar-refractivity contribution is -0.144. The Balaban J connectivity index is 1.54. The van der Waals surface area contributed by atoms with Crippen molar-refractivity contribution in [2.24, 2.45) is 5.92 Å². The number of fused-ring (bicyclic) bond motifs is 3. The molecule has 0 radical (unpaired) electrons. The molecule has 0 aliphatic heterocycles. The number of imidazole rings is 1. The SMILES string of the molecule is CCOC(=O)CC1CCCc2c(n(Cc3ccc(-n4ccnc4)cc3)c3c(F)cc(F)cc23)C1. The summed E-state index contributed by atoms with van der Waals surface area (Å²) in [6.07, 6.45) is 8.80. The number of ether oxygens (including phenoxy) is 1. The van der Waals surface area contributed by atoms with E-state index in [2.05, 4.69) is 4.98 Å². The molecule has 34 heavy (non-hydrogen) atoms. The van der Waals surface area contributed by atoms with Crippen molar-refractivity contribution in [2.45, 2.75) is 45.6 Å². The van der Waals surface area contributed by atoms with Gasteiger partial charge in [0.2, 0.25) is 0 Å². The molecule has 0 amide bonds. The number of hydrogen-bond acceptors (Lipinski definition) is 3. The van der Waals surface area contributed by atoms with Crippen molar-refractivity contribution < 1.29 is 18.3 Å². The molecule has 2 aromatic carbocycles. The average molecular weight is 464 g/mol. The zero-order valence-corrected chi connectivity index (χ0v) is 19.1. The van der Waals surface area contributed by atoms with Gasteiger partial charge in [0.15, 0.2) is 0 Å². The van der Waals surface area contributed by atoms with E-state index in [4.69, 9.17) is 4.74 Å². The highest BCUT2D eigenvalue weighted by atomic mass is 19.1. The second kappa shape index (κ2) is 9.41. The summed E-state index contributed by atoms with van der Waals surface area (Å²) in [6, 6.07) is 10.4. The van der Waals surface area contributed by atoms with Crippen LogP contribution in [0.2, 0.25) is 0 Å². The van der Waals surface area contributed by atoms with Gasteiger partial charge in [-0.15, -0.1) is 0 Å². The van der Waals surface area contributed by atoms with Crippen LogP contribution in [0, 0.1) is 17.6 Å². The number of aryl methyl sites for hydroxylation is 1. The Kier molecular flexibility index (Phi) is 6.18. The van der Waals surface area contributed by atoms with Crippen LogP contribution >= 0.6 is 0 Å². The topological polar surface area (TPSA) is 49.0 Å². The molecule has 0 bridgehead atoms. The van der Waals surface area contributed by atoms with Crippen molar-refractivity contribution in [1.82, 2.24) is 14.1 Å². The predicted octanol–water partition coefficient (Wildman–Crippen LogP) is 5.60. The third-order valence-corrected chi connectivity index (χ3v) is 6.66. The Morgan fingerprint density at radius 1 is 1.21 bits per heavy atom. The van der Waals surface area contributed by atoms with Crippen LogP contribution in [0.4, 0.5) is 8.78 Å². The number of hydrogen-bond donors (Lipinski definition) is 0. The Morgan fingerprint density at radius 2 is 2.03 bits per heavy atom. The minimum Gasteiger partial charge on any atom is -0.466 e. The highest BCUT2D eigenvalue weighted by molar-refractivity contribution is 5.86. The Labute approximate surface area is 197 Å². The van der Waals surface area contributed by atoms with Gasteiger partial charge in [0, 0.05) is 48.2 Å². The van der Waals surface area contributed by atoms with Crippen LogP contribution in [0.25, 0.3) is 16.6 Å². The van der Waals surface area contributed by atoms with E-state index in [1.165, 1.54) is 6.07 Å². The molecule has 4 aromatic rings. The fourth-order valence-corrected chi connectivity index (χ4v) is 5.15. The summed E-state index contributed by atoms with van der Waals surface area (Å²) in [4.78, 5) is 16.2. The molecule has 2 aromatic heterocycles. The number of benzene rings is 2. The van der Waals surface area contributed by atoms with E-state index >= 15 is 4.39 Å². The molecule has 1 unspecified atom stereocenters. The lowest BCUT2D eigenvalue weighted by atomic mass is 9.96. The van der Waals surface area contributed by atoms with Gasteiger partial charge < -0.3 is 13.9 Å². The van der Waals surface area contributed by atoms with Crippen LogP contribution in [-0.4, -0.2) is 26.7 Å². The Hall–Kier alpha value is -3.48. The summed E-state index contributed by atoms with van der Waals surface area (Å²) in [7, 11) is 0. The minimum absolute atomic E-state index is 0.111. The molecular formula is C27H27F2N3O2. The third kappa shape index (κ3) is 4.34. The monoisotopic (exact) mass is 463 g/mol. The maximum Gasteiger partial charge on any atom is 0.306 e. The second-order valence-electron chi connectivity index (χ2n) is 8.90.